The van der Waals surface area contributed by atoms with Crippen LogP contribution in [0.5, 0.6) is 11.5 Å². The summed E-state index contributed by atoms with van der Waals surface area (Å²) >= 11 is 9.73. The van der Waals surface area contributed by atoms with Crippen LogP contribution in [0, 0.1) is 0 Å². The highest BCUT2D eigenvalue weighted by molar-refractivity contribution is 9.10. The van der Waals surface area contributed by atoms with Gasteiger partial charge in [-0.15, -0.1) is 4.68 Å². The highest BCUT2D eigenvalue weighted by Crippen LogP contribution is 2.42. The fourth-order valence-corrected chi connectivity index (χ4v) is 3.32. The highest BCUT2D eigenvalue weighted by Gasteiger charge is 2.19. The Bertz CT molecular complexity index is 1280. The molecule has 0 atom stereocenters. The first-order chi connectivity index (χ1) is 14.9. The monoisotopic (exact) mass is 509 g/mol. The average molecular weight is 511 g/mol. The number of para-hydroxylation sites is 1. The minimum absolute atomic E-state index is 0.121. The molecule has 9 nitrogen and oxygen atoms in total. The van der Waals surface area contributed by atoms with E-state index in [4.69, 9.17) is 21.1 Å². The van der Waals surface area contributed by atoms with Gasteiger partial charge in [0.25, 0.3) is 5.56 Å². The molecule has 0 saturated carbocycles. The summed E-state index contributed by atoms with van der Waals surface area (Å²) in [7, 11) is 1.24. The van der Waals surface area contributed by atoms with Crippen molar-refractivity contribution in [3.63, 3.8) is 0 Å². The van der Waals surface area contributed by atoms with Crippen LogP contribution in [0.3, 0.4) is 0 Å². The number of carbonyl (C=O) groups excluding carboxylic acids is 1. The molecule has 2 aromatic carbocycles. The number of ether oxygens (including phenoxy) is 3. The maximum Gasteiger partial charge on any atom is 0.349 e. The summed E-state index contributed by atoms with van der Waals surface area (Å²) in [5, 5.41) is 4.46. The number of carbonyl (C=O) groups is 1. The summed E-state index contributed by atoms with van der Waals surface area (Å²) in [6.07, 6.45) is 1.29. The van der Waals surface area contributed by atoms with Crippen LogP contribution < -0.4 is 20.7 Å². The number of benzene rings is 2. The first-order valence-corrected chi connectivity index (χ1v) is 10.2. The molecule has 0 radical (unpaired) electrons. The third-order valence-corrected chi connectivity index (χ3v) is 5.56. The number of fused-ring (bicyclic) bond motifs is 1. The van der Waals surface area contributed by atoms with E-state index in [1.807, 2.05) is 0 Å². The first kappa shape index (κ1) is 22.6. The lowest BCUT2D eigenvalue weighted by Crippen LogP contribution is -2.32. The fraction of sp³-hybridized carbons (Fsp3) is 0.200. The lowest BCUT2D eigenvalue weighted by atomic mass is 10.2. The Morgan fingerprint density at radius 1 is 1.29 bits per heavy atom. The standard InChI is InChI=1S/C20H17BrClN3O6/c1-3-30-14-8-11(16(21)17(22)18(14)31-10-15(26)29-2)9-23-25-19(27)12-6-4-5-7-13(12)24-20(25)28/h4-9H,3,10H2,1-2H3,(H,24,28). The third kappa shape index (κ3) is 4.80. The third-order valence-electron chi connectivity index (χ3n) is 4.11. The van der Waals surface area contributed by atoms with Gasteiger partial charge >= 0.3 is 11.7 Å². The van der Waals surface area contributed by atoms with Gasteiger partial charge in [-0.3, -0.25) is 4.79 Å². The Balaban J connectivity index is 2.05. The van der Waals surface area contributed by atoms with Gasteiger partial charge in [-0.1, -0.05) is 23.7 Å². The Hall–Kier alpha value is -3.11. The number of hydrogen-bond donors (Lipinski definition) is 1. The van der Waals surface area contributed by atoms with E-state index in [9.17, 15) is 14.4 Å². The molecular weight excluding hydrogens is 494 g/mol. The smallest absolute Gasteiger partial charge is 0.349 e. The number of H-pyrrole nitrogens is 1. The molecule has 0 spiro atoms. The van der Waals surface area contributed by atoms with Crippen LogP contribution in [0.4, 0.5) is 0 Å². The van der Waals surface area contributed by atoms with E-state index >= 15 is 0 Å². The fourth-order valence-electron chi connectivity index (χ4n) is 2.66. The molecule has 0 aliphatic carbocycles. The van der Waals surface area contributed by atoms with Crippen LogP contribution in [0.2, 0.25) is 5.02 Å². The Labute approximate surface area is 189 Å². The van der Waals surface area contributed by atoms with Crippen LogP contribution in [0.15, 0.2) is 49.5 Å². The lowest BCUT2D eigenvalue weighted by molar-refractivity contribution is -0.142. The number of halogens is 2. The van der Waals surface area contributed by atoms with Crippen LogP contribution in [-0.4, -0.2) is 42.2 Å². The molecule has 11 heteroatoms. The number of esters is 1. The van der Waals surface area contributed by atoms with E-state index in [0.29, 0.717) is 32.2 Å². The molecule has 1 heterocycles. The molecule has 162 valence electrons. The van der Waals surface area contributed by atoms with E-state index < -0.39 is 17.2 Å². The summed E-state index contributed by atoms with van der Waals surface area (Å²) in [6.45, 7) is 1.70. The molecule has 1 N–H and O–H groups in total. The molecule has 31 heavy (non-hydrogen) atoms. The number of methoxy groups -OCH3 is 1. The topological polar surface area (TPSA) is 112 Å². The number of hydrogen-bond acceptors (Lipinski definition) is 7. The second-order valence-corrected chi connectivity index (χ2v) is 7.23. The van der Waals surface area contributed by atoms with Crippen LogP contribution >= 0.6 is 27.5 Å². The molecule has 3 rings (SSSR count). The van der Waals surface area contributed by atoms with Crippen molar-refractivity contribution in [1.29, 1.82) is 0 Å². The Morgan fingerprint density at radius 3 is 2.74 bits per heavy atom. The van der Waals surface area contributed by atoms with Gasteiger partial charge in [-0.2, -0.15) is 5.10 Å². The number of nitrogens with zero attached hydrogens (tertiary/aromatic N) is 2. The minimum Gasteiger partial charge on any atom is -0.490 e. The first-order valence-electron chi connectivity index (χ1n) is 9.00. The number of nitrogens with one attached hydrogen (secondary N) is 1. The molecule has 3 aromatic rings. The van der Waals surface area contributed by atoms with Gasteiger partial charge in [0.1, 0.15) is 5.02 Å². The van der Waals surface area contributed by atoms with Gasteiger partial charge in [0.05, 0.1) is 30.8 Å². The average Bonchev–Trinajstić information content (AvgIpc) is 2.76. The highest BCUT2D eigenvalue weighted by atomic mass is 79.9. The van der Waals surface area contributed by atoms with Crippen LogP contribution in [-0.2, 0) is 9.53 Å². The van der Waals surface area contributed by atoms with Crippen LogP contribution in [0.1, 0.15) is 12.5 Å². The number of aromatic nitrogens is 2. The Morgan fingerprint density at radius 2 is 2.03 bits per heavy atom. The zero-order valence-corrected chi connectivity index (χ0v) is 18.8. The van der Waals surface area contributed by atoms with Gasteiger partial charge in [-0.05, 0) is 41.1 Å². The van der Waals surface area contributed by atoms with E-state index in [1.165, 1.54) is 13.3 Å². The second kappa shape index (κ2) is 9.80. The maximum atomic E-state index is 12.6. The number of aromatic amines is 1. The van der Waals surface area contributed by atoms with E-state index in [-0.39, 0.29) is 23.1 Å². The van der Waals surface area contributed by atoms with Crippen molar-refractivity contribution in [2.24, 2.45) is 5.10 Å². The zero-order chi connectivity index (χ0) is 22.5. The summed E-state index contributed by atoms with van der Waals surface area (Å²) in [6, 6.07) is 8.17. The Kier molecular flexibility index (Phi) is 7.13. The normalized spacial score (nSPS) is 11.1. The van der Waals surface area contributed by atoms with Gasteiger partial charge in [-0.25, -0.2) is 9.59 Å². The predicted molar refractivity (Wildman–Crippen MR) is 120 cm³/mol. The van der Waals surface area contributed by atoms with Crippen molar-refractivity contribution < 1.29 is 19.0 Å². The van der Waals surface area contributed by atoms with Crippen molar-refractivity contribution in [2.45, 2.75) is 6.92 Å². The van der Waals surface area contributed by atoms with Gasteiger partial charge in [0.2, 0.25) is 0 Å². The molecule has 0 amide bonds. The van der Waals surface area contributed by atoms with Gasteiger partial charge in [0, 0.05) is 10.0 Å². The molecule has 0 fully saturated rings. The van der Waals surface area contributed by atoms with E-state index in [0.717, 1.165) is 0 Å². The van der Waals surface area contributed by atoms with Crippen molar-refractivity contribution >= 4 is 50.6 Å². The molecule has 1 aromatic heterocycles. The zero-order valence-electron chi connectivity index (χ0n) is 16.5. The van der Waals surface area contributed by atoms with Gasteiger partial charge in [0.15, 0.2) is 18.1 Å². The van der Waals surface area contributed by atoms with Crippen molar-refractivity contribution in [1.82, 2.24) is 9.66 Å². The van der Waals surface area contributed by atoms with Crippen LogP contribution in [0.25, 0.3) is 10.9 Å². The maximum absolute atomic E-state index is 12.6. The predicted octanol–water partition coefficient (Wildman–Crippen LogP) is 2.94. The summed E-state index contributed by atoms with van der Waals surface area (Å²) < 4.78 is 16.6. The summed E-state index contributed by atoms with van der Waals surface area (Å²) in [5.74, 6) is -0.199. The molecule has 0 aliphatic heterocycles. The lowest BCUT2D eigenvalue weighted by Gasteiger charge is -2.15. The van der Waals surface area contributed by atoms with Crippen molar-refractivity contribution in [3.05, 3.63) is 66.2 Å². The molecule has 0 unspecified atom stereocenters. The molecule has 0 bridgehead atoms. The largest absolute Gasteiger partial charge is 0.490 e. The SMILES string of the molecule is CCOc1cc(C=Nn2c(=O)[nH]c3ccccc3c2=O)c(Br)c(Cl)c1OCC(=O)OC. The molecule has 0 aliphatic rings. The van der Waals surface area contributed by atoms with E-state index in [2.05, 4.69) is 30.8 Å². The molecular formula is C20H17BrClN3O6. The quantitative estimate of drug-likeness (QED) is 0.386. The van der Waals surface area contributed by atoms with Gasteiger partial charge < -0.3 is 19.2 Å². The second-order valence-electron chi connectivity index (χ2n) is 6.06. The van der Waals surface area contributed by atoms with Crippen molar-refractivity contribution in [2.75, 3.05) is 20.3 Å². The molecule has 0 saturated heterocycles. The van der Waals surface area contributed by atoms with E-state index in [1.54, 1.807) is 37.3 Å². The summed E-state index contributed by atoms with van der Waals surface area (Å²) in [5.41, 5.74) is -0.427. The number of rotatable bonds is 7. The summed E-state index contributed by atoms with van der Waals surface area (Å²) in [4.78, 5) is 38.9. The van der Waals surface area contributed by atoms with Crippen molar-refractivity contribution in [3.8, 4) is 11.5 Å². The minimum atomic E-state index is -0.690.